The van der Waals surface area contributed by atoms with Gasteiger partial charge in [-0.1, -0.05) is 0 Å². The number of nitrogens with two attached hydrogens (primary N) is 1. The lowest BCUT2D eigenvalue weighted by molar-refractivity contribution is 1.06. The second-order valence-corrected chi connectivity index (χ2v) is 2.10. The Kier molecular flexibility index (Phi) is 11.2. The second kappa shape index (κ2) is 9.96. The van der Waals surface area contributed by atoms with E-state index in [1.807, 2.05) is 0 Å². The van der Waals surface area contributed by atoms with Gasteiger partial charge in [0.25, 0.3) is 0 Å². The quantitative estimate of drug-likeness (QED) is 0.221. The van der Waals surface area contributed by atoms with E-state index in [2.05, 4.69) is 33.2 Å². The zero-order chi connectivity index (χ0) is 9.98. The first-order valence-electron chi connectivity index (χ1n) is 3.41. The minimum absolute atomic E-state index is 0.468. The number of nitrogens with one attached hydrogen (secondary N) is 3. The van der Waals surface area contributed by atoms with Crippen LogP contribution in [0.1, 0.15) is 0 Å². The summed E-state index contributed by atoms with van der Waals surface area (Å²) < 4.78 is 0. The van der Waals surface area contributed by atoms with E-state index in [1.165, 1.54) is 0 Å². The molecule has 0 aromatic rings. The van der Waals surface area contributed by atoms with Crippen molar-refractivity contribution >= 4 is 23.3 Å². The SMILES string of the molecule is CN=C(N)NC.CNC(=S)NC. The molecule has 0 aromatic heterocycles. The largest absolute Gasteiger partial charge is 0.370 e. The van der Waals surface area contributed by atoms with Crippen molar-refractivity contribution in [1.29, 1.82) is 0 Å². The highest BCUT2D eigenvalue weighted by atomic mass is 32.1. The van der Waals surface area contributed by atoms with Crippen LogP contribution in [-0.2, 0) is 0 Å². The van der Waals surface area contributed by atoms with Crippen molar-refractivity contribution < 1.29 is 0 Å². The standard InChI is InChI=1S/C3H9N3.C3H8N2S/c1-5-3(4)6-2;1-4-3(6)5-2/h1-2H3,(H3,4,5,6);1-2H3,(H2,4,5,6). The molecule has 0 spiro atoms. The molecule has 0 saturated heterocycles. The molecule has 0 aliphatic carbocycles. The number of hydrogen-bond acceptors (Lipinski definition) is 2. The van der Waals surface area contributed by atoms with Gasteiger partial charge in [0.1, 0.15) is 0 Å². The number of nitrogens with zero attached hydrogens (tertiary/aromatic N) is 1. The molecule has 0 fully saturated rings. The Hall–Kier alpha value is -1.04. The maximum absolute atomic E-state index is 5.11. The molecular weight excluding hydrogens is 174 g/mol. The minimum atomic E-state index is 0.468. The molecular formula is C6H17N5S. The Balaban J connectivity index is 0. The fraction of sp³-hybridized carbons (Fsp3) is 0.667. The van der Waals surface area contributed by atoms with E-state index in [4.69, 9.17) is 5.73 Å². The predicted octanol–water partition coefficient (Wildman–Crippen LogP) is -1.14. The van der Waals surface area contributed by atoms with E-state index >= 15 is 0 Å². The zero-order valence-electron chi connectivity index (χ0n) is 7.93. The normalized spacial score (nSPS) is 9.17. The number of guanidine groups is 1. The molecule has 0 aliphatic rings. The van der Waals surface area contributed by atoms with E-state index < -0.39 is 0 Å². The van der Waals surface area contributed by atoms with Crippen LogP contribution >= 0.6 is 12.2 Å². The van der Waals surface area contributed by atoms with Crippen molar-refractivity contribution in [3.8, 4) is 0 Å². The zero-order valence-corrected chi connectivity index (χ0v) is 8.75. The van der Waals surface area contributed by atoms with Gasteiger partial charge in [-0.05, 0) is 12.2 Å². The summed E-state index contributed by atoms with van der Waals surface area (Å²) in [6.07, 6.45) is 0. The van der Waals surface area contributed by atoms with E-state index in [0.29, 0.717) is 11.1 Å². The number of rotatable bonds is 0. The second-order valence-electron chi connectivity index (χ2n) is 1.69. The summed E-state index contributed by atoms with van der Waals surface area (Å²) in [5, 5.41) is 8.79. The van der Waals surface area contributed by atoms with Gasteiger partial charge in [-0.25, -0.2) is 0 Å². The van der Waals surface area contributed by atoms with Gasteiger partial charge >= 0.3 is 0 Å². The summed E-state index contributed by atoms with van der Waals surface area (Å²) in [4.78, 5) is 3.59. The van der Waals surface area contributed by atoms with E-state index in [-0.39, 0.29) is 0 Å². The molecule has 0 unspecified atom stereocenters. The van der Waals surface area contributed by atoms with E-state index in [9.17, 15) is 0 Å². The van der Waals surface area contributed by atoms with Crippen LogP contribution in [0.5, 0.6) is 0 Å². The molecule has 0 amide bonds. The molecule has 0 bridgehead atoms. The fourth-order valence-electron chi connectivity index (χ4n) is 0.237. The van der Waals surface area contributed by atoms with Crippen LogP contribution in [0.25, 0.3) is 0 Å². The highest BCUT2D eigenvalue weighted by molar-refractivity contribution is 7.80. The summed E-state index contributed by atoms with van der Waals surface area (Å²) in [5.74, 6) is 0.468. The van der Waals surface area contributed by atoms with Crippen LogP contribution in [0.2, 0.25) is 0 Å². The first-order valence-corrected chi connectivity index (χ1v) is 3.82. The lowest BCUT2D eigenvalue weighted by Gasteiger charge is -1.95. The summed E-state index contributed by atoms with van der Waals surface area (Å²) in [6.45, 7) is 0. The Bertz CT molecular complexity index is 139. The number of thiocarbonyl (C=S) groups is 1. The van der Waals surface area contributed by atoms with Crippen molar-refractivity contribution in [2.24, 2.45) is 10.7 Å². The molecule has 0 heterocycles. The van der Waals surface area contributed by atoms with Crippen molar-refractivity contribution in [2.45, 2.75) is 0 Å². The lowest BCUT2D eigenvalue weighted by Crippen LogP contribution is -2.28. The van der Waals surface area contributed by atoms with Crippen molar-refractivity contribution in [1.82, 2.24) is 16.0 Å². The molecule has 6 heteroatoms. The summed E-state index contributed by atoms with van der Waals surface area (Å²) in [5.41, 5.74) is 5.11. The van der Waals surface area contributed by atoms with Crippen molar-refractivity contribution in [2.75, 3.05) is 28.2 Å². The van der Waals surface area contributed by atoms with Crippen molar-refractivity contribution in [3.05, 3.63) is 0 Å². The summed E-state index contributed by atoms with van der Waals surface area (Å²) in [6, 6.07) is 0. The predicted molar refractivity (Wildman–Crippen MR) is 57.3 cm³/mol. The average Bonchev–Trinajstić information content (AvgIpc) is 2.16. The van der Waals surface area contributed by atoms with Crippen molar-refractivity contribution in [3.63, 3.8) is 0 Å². The van der Waals surface area contributed by atoms with Gasteiger partial charge in [0.2, 0.25) is 0 Å². The average molecular weight is 191 g/mol. The lowest BCUT2D eigenvalue weighted by atomic mass is 11.0. The molecule has 0 aromatic carbocycles. The number of aliphatic imine (C=N–C) groups is 1. The van der Waals surface area contributed by atoms with Gasteiger partial charge in [0, 0.05) is 28.2 Å². The van der Waals surface area contributed by atoms with Crippen LogP contribution in [0, 0.1) is 0 Å². The van der Waals surface area contributed by atoms with Gasteiger partial charge in [-0.2, -0.15) is 0 Å². The molecule has 0 rings (SSSR count). The summed E-state index contributed by atoms with van der Waals surface area (Å²) >= 11 is 4.63. The molecule has 0 atom stereocenters. The molecule has 0 aliphatic heterocycles. The molecule has 12 heavy (non-hydrogen) atoms. The smallest absolute Gasteiger partial charge is 0.188 e. The van der Waals surface area contributed by atoms with Crippen LogP contribution < -0.4 is 21.7 Å². The molecule has 5 nitrogen and oxygen atoms in total. The molecule has 0 radical (unpaired) electrons. The van der Waals surface area contributed by atoms with Gasteiger partial charge in [-0.15, -0.1) is 0 Å². The molecule has 72 valence electrons. The minimum Gasteiger partial charge on any atom is -0.370 e. The third-order valence-corrected chi connectivity index (χ3v) is 1.36. The Morgan fingerprint density at radius 2 is 1.58 bits per heavy atom. The van der Waals surface area contributed by atoms with Gasteiger partial charge in [-0.3, -0.25) is 4.99 Å². The van der Waals surface area contributed by atoms with Gasteiger partial charge in [0.15, 0.2) is 11.1 Å². The van der Waals surface area contributed by atoms with Gasteiger partial charge < -0.3 is 21.7 Å². The van der Waals surface area contributed by atoms with E-state index in [1.54, 1.807) is 28.2 Å². The maximum atomic E-state index is 5.11. The first-order chi connectivity index (χ1) is 5.62. The molecule has 5 N–H and O–H groups in total. The third-order valence-electron chi connectivity index (χ3n) is 0.951. The Labute approximate surface area is 78.8 Å². The maximum Gasteiger partial charge on any atom is 0.188 e. The van der Waals surface area contributed by atoms with Crippen LogP contribution in [0.15, 0.2) is 4.99 Å². The highest BCUT2D eigenvalue weighted by Crippen LogP contribution is 1.52. The van der Waals surface area contributed by atoms with Crippen LogP contribution in [0.3, 0.4) is 0 Å². The van der Waals surface area contributed by atoms with Gasteiger partial charge in [0.05, 0.1) is 0 Å². The topological polar surface area (TPSA) is 74.5 Å². The first kappa shape index (κ1) is 13.5. The third kappa shape index (κ3) is 11.7. The Morgan fingerprint density at radius 3 is 1.58 bits per heavy atom. The highest BCUT2D eigenvalue weighted by Gasteiger charge is 1.75. The monoisotopic (exact) mass is 191 g/mol. The molecule has 0 saturated carbocycles. The van der Waals surface area contributed by atoms with Crippen LogP contribution in [0.4, 0.5) is 0 Å². The number of hydrogen-bond donors (Lipinski definition) is 4. The summed E-state index contributed by atoms with van der Waals surface area (Å²) in [7, 11) is 6.91. The van der Waals surface area contributed by atoms with Crippen LogP contribution in [-0.4, -0.2) is 39.3 Å². The Morgan fingerprint density at radius 1 is 1.17 bits per heavy atom. The van der Waals surface area contributed by atoms with E-state index in [0.717, 1.165) is 0 Å². The fourth-order valence-corrected chi connectivity index (χ4v) is 0.237.